The highest BCUT2D eigenvalue weighted by atomic mass is 16.4. The summed E-state index contributed by atoms with van der Waals surface area (Å²) in [5.41, 5.74) is 0. The van der Waals surface area contributed by atoms with Gasteiger partial charge in [0.15, 0.2) is 0 Å². The minimum absolute atomic E-state index is 0.0508. The van der Waals surface area contributed by atoms with E-state index in [0.29, 0.717) is 12.6 Å². The van der Waals surface area contributed by atoms with E-state index in [4.69, 9.17) is 5.11 Å². The van der Waals surface area contributed by atoms with Crippen LogP contribution in [0.25, 0.3) is 0 Å². The number of hydrogen-bond donors (Lipinski definition) is 2. The third-order valence-corrected chi connectivity index (χ3v) is 3.54. The molecule has 7 nitrogen and oxygen atoms in total. The molecule has 0 bridgehead atoms. The highest BCUT2D eigenvalue weighted by molar-refractivity contribution is 5.94. The van der Waals surface area contributed by atoms with Gasteiger partial charge in [0, 0.05) is 32.5 Å². The van der Waals surface area contributed by atoms with E-state index in [1.807, 2.05) is 7.05 Å². The molecule has 1 fully saturated rings. The maximum Gasteiger partial charge on any atom is 0.323 e. The van der Waals surface area contributed by atoms with Crippen molar-refractivity contribution in [3.05, 3.63) is 0 Å². The highest BCUT2D eigenvalue weighted by Gasteiger charge is 2.24. The van der Waals surface area contributed by atoms with Crippen LogP contribution in [0.1, 0.15) is 32.1 Å². The summed E-state index contributed by atoms with van der Waals surface area (Å²) in [6, 6.07) is -0.0847. The van der Waals surface area contributed by atoms with Crippen molar-refractivity contribution in [2.24, 2.45) is 0 Å². The zero-order chi connectivity index (χ0) is 15.1. The van der Waals surface area contributed by atoms with E-state index in [0.717, 1.165) is 19.4 Å². The largest absolute Gasteiger partial charge is 0.481 e. The van der Waals surface area contributed by atoms with E-state index in [9.17, 15) is 14.4 Å². The number of likely N-dealkylation sites (N-methyl/N-ethyl adjacent to an activating group) is 2. The molecule has 0 aliphatic carbocycles. The molecule has 0 saturated carbocycles. The Kier molecular flexibility index (Phi) is 6.44. The molecule has 2 N–H and O–H groups in total. The summed E-state index contributed by atoms with van der Waals surface area (Å²) in [4.78, 5) is 37.3. The van der Waals surface area contributed by atoms with Crippen LogP contribution in [0.4, 0.5) is 4.79 Å². The smallest absolute Gasteiger partial charge is 0.323 e. The molecule has 1 aliphatic heterocycles. The van der Waals surface area contributed by atoms with Crippen molar-refractivity contribution in [2.45, 2.75) is 38.1 Å². The van der Waals surface area contributed by atoms with Gasteiger partial charge in [-0.15, -0.1) is 0 Å². The van der Waals surface area contributed by atoms with Crippen LogP contribution in [0.5, 0.6) is 0 Å². The average Bonchev–Trinajstić information content (AvgIpc) is 2.74. The number of amides is 3. The molecular weight excluding hydrogens is 262 g/mol. The number of carbonyl (C=O) groups excluding carboxylic acids is 2. The van der Waals surface area contributed by atoms with Gasteiger partial charge in [-0.05, 0) is 32.9 Å². The lowest BCUT2D eigenvalue weighted by atomic mass is 10.2. The first-order valence-electron chi connectivity index (χ1n) is 6.87. The Labute approximate surface area is 118 Å². The van der Waals surface area contributed by atoms with E-state index in [2.05, 4.69) is 10.2 Å². The molecule has 7 heteroatoms. The summed E-state index contributed by atoms with van der Waals surface area (Å²) < 4.78 is 0. The zero-order valence-electron chi connectivity index (χ0n) is 12.1. The van der Waals surface area contributed by atoms with Crippen LogP contribution in [0.15, 0.2) is 0 Å². The van der Waals surface area contributed by atoms with Crippen LogP contribution in [-0.4, -0.2) is 66.0 Å². The molecule has 0 aromatic carbocycles. The van der Waals surface area contributed by atoms with Crippen molar-refractivity contribution in [3.8, 4) is 0 Å². The second-order valence-corrected chi connectivity index (χ2v) is 5.26. The van der Waals surface area contributed by atoms with Crippen molar-refractivity contribution in [2.75, 3.05) is 27.2 Å². The number of rotatable bonds is 6. The molecule has 3 amide bonds. The summed E-state index contributed by atoms with van der Waals surface area (Å²) in [5, 5.41) is 10.7. The second-order valence-electron chi connectivity index (χ2n) is 5.26. The predicted octanol–water partition coefficient (Wildman–Crippen LogP) is 0.503. The van der Waals surface area contributed by atoms with E-state index in [1.54, 1.807) is 7.05 Å². The normalized spacial score (nSPS) is 18.8. The van der Waals surface area contributed by atoms with Gasteiger partial charge in [-0.1, -0.05) is 0 Å². The quantitative estimate of drug-likeness (QED) is 0.742. The van der Waals surface area contributed by atoms with E-state index in [-0.39, 0.29) is 19.3 Å². The zero-order valence-corrected chi connectivity index (χ0v) is 12.1. The Morgan fingerprint density at radius 2 is 2.05 bits per heavy atom. The Morgan fingerprint density at radius 1 is 1.35 bits per heavy atom. The van der Waals surface area contributed by atoms with Gasteiger partial charge in [0.1, 0.15) is 0 Å². The Hall–Kier alpha value is -1.63. The molecule has 1 heterocycles. The monoisotopic (exact) mass is 285 g/mol. The molecule has 1 saturated heterocycles. The molecule has 0 spiro atoms. The van der Waals surface area contributed by atoms with Crippen LogP contribution in [0.2, 0.25) is 0 Å². The van der Waals surface area contributed by atoms with Gasteiger partial charge >= 0.3 is 12.0 Å². The number of imide groups is 1. The summed E-state index contributed by atoms with van der Waals surface area (Å²) in [5.74, 6) is -1.37. The average molecular weight is 285 g/mol. The maximum absolute atomic E-state index is 11.8. The van der Waals surface area contributed by atoms with Gasteiger partial charge < -0.3 is 14.9 Å². The second kappa shape index (κ2) is 7.84. The number of carboxylic acid groups (broad SMARTS) is 1. The van der Waals surface area contributed by atoms with Crippen molar-refractivity contribution in [3.63, 3.8) is 0 Å². The molecule has 0 aromatic heterocycles. The van der Waals surface area contributed by atoms with Gasteiger partial charge in [0.25, 0.3) is 0 Å². The number of hydrogen-bond acceptors (Lipinski definition) is 4. The van der Waals surface area contributed by atoms with Gasteiger partial charge in [0.05, 0.1) is 0 Å². The summed E-state index contributed by atoms with van der Waals surface area (Å²) in [6.45, 7) is 1.62. The first-order chi connectivity index (χ1) is 9.40. The third kappa shape index (κ3) is 5.56. The molecule has 114 valence electrons. The van der Waals surface area contributed by atoms with E-state index in [1.165, 1.54) is 4.90 Å². The van der Waals surface area contributed by atoms with Crippen LogP contribution < -0.4 is 5.32 Å². The fourth-order valence-corrected chi connectivity index (χ4v) is 2.29. The van der Waals surface area contributed by atoms with Crippen molar-refractivity contribution in [1.29, 1.82) is 0 Å². The highest BCUT2D eigenvalue weighted by Crippen LogP contribution is 2.15. The number of carbonyl (C=O) groups is 3. The van der Waals surface area contributed by atoms with Gasteiger partial charge in [0.2, 0.25) is 5.91 Å². The van der Waals surface area contributed by atoms with Crippen LogP contribution in [0.3, 0.4) is 0 Å². The predicted molar refractivity (Wildman–Crippen MR) is 73.3 cm³/mol. The van der Waals surface area contributed by atoms with Crippen LogP contribution in [-0.2, 0) is 9.59 Å². The fraction of sp³-hybridized carbons (Fsp3) is 0.769. The fourth-order valence-electron chi connectivity index (χ4n) is 2.29. The summed E-state index contributed by atoms with van der Waals surface area (Å²) in [6.07, 6.45) is 2.41. The molecule has 1 rings (SSSR count). The van der Waals surface area contributed by atoms with E-state index >= 15 is 0 Å². The lowest BCUT2D eigenvalue weighted by molar-refractivity contribution is -0.137. The number of nitrogens with one attached hydrogen (secondary N) is 1. The Bertz CT molecular complexity index is 373. The van der Waals surface area contributed by atoms with Crippen LogP contribution >= 0.6 is 0 Å². The Morgan fingerprint density at radius 3 is 2.60 bits per heavy atom. The van der Waals surface area contributed by atoms with Gasteiger partial charge in [-0.3, -0.25) is 14.9 Å². The minimum Gasteiger partial charge on any atom is -0.481 e. The molecule has 1 aliphatic rings. The first kappa shape index (κ1) is 16.4. The Balaban J connectivity index is 2.26. The van der Waals surface area contributed by atoms with Gasteiger partial charge in [-0.2, -0.15) is 0 Å². The SMILES string of the molecule is CN(CC1CCCN1C)C(=O)NC(=O)CCCC(=O)O. The van der Waals surface area contributed by atoms with Crippen molar-refractivity contribution in [1.82, 2.24) is 15.1 Å². The van der Waals surface area contributed by atoms with Crippen LogP contribution in [0, 0.1) is 0 Å². The standard InChI is InChI=1S/C13H23N3O4/c1-15-8-4-5-10(15)9-16(2)13(20)14-11(17)6-3-7-12(18)19/h10H,3-9H2,1-2H3,(H,18,19)(H,14,17,20). The number of nitrogens with zero attached hydrogens (tertiary/aromatic N) is 2. The minimum atomic E-state index is -0.939. The number of likely N-dealkylation sites (tertiary alicyclic amines) is 1. The molecule has 1 atom stereocenters. The number of urea groups is 1. The molecule has 0 radical (unpaired) electrons. The lowest BCUT2D eigenvalue weighted by Gasteiger charge is -2.25. The first-order valence-corrected chi connectivity index (χ1v) is 6.87. The maximum atomic E-state index is 11.8. The molecule has 20 heavy (non-hydrogen) atoms. The van der Waals surface area contributed by atoms with Crippen molar-refractivity contribution < 1.29 is 19.5 Å². The topological polar surface area (TPSA) is 90.0 Å². The van der Waals surface area contributed by atoms with Crippen molar-refractivity contribution >= 4 is 17.9 Å². The molecule has 1 unspecified atom stereocenters. The van der Waals surface area contributed by atoms with Gasteiger partial charge in [-0.25, -0.2) is 4.79 Å². The third-order valence-electron chi connectivity index (χ3n) is 3.54. The summed E-state index contributed by atoms with van der Waals surface area (Å²) >= 11 is 0. The molecular formula is C13H23N3O4. The van der Waals surface area contributed by atoms with E-state index < -0.39 is 17.9 Å². The number of aliphatic carboxylic acids is 1. The lowest BCUT2D eigenvalue weighted by Crippen LogP contribution is -2.45. The number of carboxylic acids is 1. The molecule has 0 aromatic rings. The summed E-state index contributed by atoms with van der Waals surface area (Å²) in [7, 11) is 3.69.